The first-order valence-electron chi connectivity index (χ1n) is 10.9. The summed E-state index contributed by atoms with van der Waals surface area (Å²) in [5.41, 5.74) is 3.21. The van der Waals surface area contributed by atoms with E-state index in [1.165, 1.54) is 4.90 Å². The van der Waals surface area contributed by atoms with E-state index in [0.717, 1.165) is 11.1 Å². The normalized spacial score (nSPS) is 17.5. The predicted octanol–water partition coefficient (Wildman–Crippen LogP) is 5.80. The predicted molar refractivity (Wildman–Crippen MR) is 132 cm³/mol. The summed E-state index contributed by atoms with van der Waals surface area (Å²) in [6, 6.07) is 13.0. The van der Waals surface area contributed by atoms with Crippen molar-refractivity contribution in [2.24, 2.45) is 0 Å². The van der Waals surface area contributed by atoms with Crippen LogP contribution in [0.1, 0.15) is 48.1 Å². The van der Waals surface area contributed by atoms with E-state index in [4.69, 9.17) is 16.3 Å². The fourth-order valence-electron chi connectivity index (χ4n) is 4.17. The molecule has 0 aliphatic carbocycles. The van der Waals surface area contributed by atoms with Gasteiger partial charge in [-0.3, -0.25) is 19.5 Å². The monoisotopic (exact) mass is 476 g/mol. The van der Waals surface area contributed by atoms with Crippen molar-refractivity contribution in [1.29, 1.82) is 0 Å². The highest BCUT2D eigenvalue weighted by atomic mass is 35.5. The third kappa shape index (κ3) is 4.05. The highest BCUT2D eigenvalue weighted by Gasteiger charge is 2.47. The zero-order chi connectivity index (χ0) is 24.6. The van der Waals surface area contributed by atoms with Gasteiger partial charge in [-0.15, -0.1) is 0 Å². The van der Waals surface area contributed by atoms with Crippen LogP contribution in [0.15, 0.2) is 66.5 Å². The molecule has 0 radical (unpaired) electrons. The molecule has 6 nitrogen and oxygen atoms in total. The minimum Gasteiger partial charge on any atom is -0.507 e. The third-order valence-electron chi connectivity index (χ3n) is 6.00. The summed E-state index contributed by atoms with van der Waals surface area (Å²) in [6.45, 7) is 5.88. The molecule has 1 amide bonds. The number of aromatic nitrogens is 1. The van der Waals surface area contributed by atoms with Gasteiger partial charge in [-0.05, 0) is 65.9 Å². The highest BCUT2D eigenvalue weighted by Crippen LogP contribution is 2.43. The number of carbonyl (C=O) groups is 2. The number of benzene rings is 2. The molecule has 2 aromatic carbocycles. The van der Waals surface area contributed by atoms with Gasteiger partial charge in [0.15, 0.2) is 0 Å². The molecule has 1 aliphatic heterocycles. The van der Waals surface area contributed by atoms with Gasteiger partial charge in [0.05, 0.1) is 18.7 Å². The Morgan fingerprint density at radius 2 is 1.91 bits per heavy atom. The molecule has 1 aromatic heterocycles. The van der Waals surface area contributed by atoms with Crippen LogP contribution in [0.4, 0.5) is 5.69 Å². The Bertz CT molecular complexity index is 1300. The number of aryl methyl sites for hydroxylation is 1. The number of methoxy groups -OCH3 is 1. The molecule has 174 valence electrons. The molecule has 0 bridgehead atoms. The quantitative estimate of drug-likeness (QED) is 0.286. The van der Waals surface area contributed by atoms with E-state index in [-0.39, 0.29) is 17.3 Å². The Morgan fingerprint density at radius 1 is 1.15 bits per heavy atom. The number of ketones is 1. The van der Waals surface area contributed by atoms with Crippen LogP contribution in [0.2, 0.25) is 5.02 Å². The largest absolute Gasteiger partial charge is 0.507 e. The number of aliphatic hydroxyl groups excluding tert-OH is 1. The molecular weight excluding hydrogens is 452 g/mol. The van der Waals surface area contributed by atoms with Gasteiger partial charge < -0.3 is 9.84 Å². The van der Waals surface area contributed by atoms with Crippen molar-refractivity contribution in [3.8, 4) is 5.75 Å². The minimum absolute atomic E-state index is 0.00503. The minimum atomic E-state index is -0.864. The number of halogens is 1. The molecule has 0 spiro atoms. The standard InChI is InChI=1S/C27H25ClN2O4/c1-15(2)20-12-17(8-10-22(20)34-4)25(31)23-24(18-6-5-11-29-14-18)30(27(33)26(23)32)19-9-7-16(3)21(28)13-19/h5-15,24,31H,1-4H3/b25-23-. The zero-order valence-corrected chi connectivity index (χ0v) is 20.1. The van der Waals surface area contributed by atoms with Gasteiger partial charge in [0.25, 0.3) is 11.7 Å². The summed E-state index contributed by atoms with van der Waals surface area (Å²) >= 11 is 6.33. The Balaban J connectivity index is 1.94. The number of rotatable bonds is 5. The lowest BCUT2D eigenvalue weighted by Crippen LogP contribution is -2.29. The summed E-state index contributed by atoms with van der Waals surface area (Å²) in [7, 11) is 1.58. The van der Waals surface area contributed by atoms with Crippen molar-refractivity contribution in [2.45, 2.75) is 32.7 Å². The number of anilines is 1. The fraction of sp³-hybridized carbons (Fsp3) is 0.222. The summed E-state index contributed by atoms with van der Waals surface area (Å²) in [5, 5.41) is 11.8. The Morgan fingerprint density at radius 3 is 2.53 bits per heavy atom. The van der Waals surface area contributed by atoms with Gasteiger partial charge >= 0.3 is 0 Å². The maximum atomic E-state index is 13.3. The number of carbonyl (C=O) groups excluding carboxylic acids is 2. The molecule has 1 fully saturated rings. The molecule has 4 rings (SSSR count). The second kappa shape index (κ2) is 9.31. The first-order chi connectivity index (χ1) is 16.2. The summed E-state index contributed by atoms with van der Waals surface area (Å²) in [6.07, 6.45) is 3.19. The summed E-state index contributed by atoms with van der Waals surface area (Å²) < 4.78 is 5.44. The van der Waals surface area contributed by atoms with Crippen LogP contribution in [0.25, 0.3) is 5.76 Å². The van der Waals surface area contributed by atoms with E-state index in [1.807, 2.05) is 20.8 Å². The van der Waals surface area contributed by atoms with Gasteiger partial charge in [0, 0.05) is 28.7 Å². The summed E-state index contributed by atoms with van der Waals surface area (Å²) in [4.78, 5) is 32.1. The van der Waals surface area contributed by atoms with Crippen molar-refractivity contribution in [3.63, 3.8) is 0 Å². The fourth-order valence-corrected chi connectivity index (χ4v) is 4.35. The van der Waals surface area contributed by atoms with E-state index in [2.05, 4.69) is 4.98 Å². The average Bonchev–Trinajstić information content (AvgIpc) is 3.11. The molecule has 2 heterocycles. The van der Waals surface area contributed by atoms with Gasteiger partial charge in [-0.2, -0.15) is 0 Å². The van der Waals surface area contributed by atoms with Crippen LogP contribution in [-0.2, 0) is 9.59 Å². The number of hydrogen-bond acceptors (Lipinski definition) is 5. The highest BCUT2D eigenvalue weighted by molar-refractivity contribution is 6.51. The first kappa shape index (κ1) is 23.5. The van der Waals surface area contributed by atoms with Crippen LogP contribution in [-0.4, -0.2) is 28.9 Å². The second-order valence-corrected chi connectivity index (χ2v) is 8.91. The number of amides is 1. The number of pyridine rings is 1. The molecule has 34 heavy (non-hydrogen) atoms. The van der Waals surface area contributed by atoms with Gasteiger partial charge in [0.2, 0.25) is 0 Å². The number of Topliss-reactive ketones (excluding diaryl/α,β-unsaturated/α-hetero) is 1. The number of ether oxygens (including phenoxy) is 1. The van der Waals surface area contributed by atoms with Crippen molar-refractivity contribution >= 4 is 34.7 Å². The van der Waals surface area contributed by atoms with Gasteiger partial charge in [-0.25, -0.2) is 0 Å². The summed E-state index contributed by atoms with van der Waals surface area (Å²) in [5.74, 6) is -0.964. The third-order valence-corrected chi connectivity index (χ3v) is 6.41. The average molecular weight is 477 g/mol. The molecule has 1 atom stereocenters. The van der Waals surface area contributed by atoms with E-state index in [0.29, 0.717) is 27.6 Å². The van der Waals surface area contributed by atoms with E-state index in [1.54, 1.807) is 68.0 Å². The molecule has 1 saturated heterocycles. The Kier molecular flexibility index (Phi) is 6.44. The molecule has 1 N–H and O–H groups in total. The van der Waals surface area contributed by atoms with Crippen molar-refractivity contribution < 1.29 is 19.4 Å². The maximum absolute atomic E-state index is 13.3. The van der Waals surface area contributed by atoms with Crippen LogP contribution >= 0.6 is 11.6 Å². The smallest absolute Gasteiger partial charge is 0.300 e. The van der Waals surface area contributed by atoms with E-state index in [9.17, 15) is 14.7 Å². The molecule has 1 unspecified atom stereocenters. The maximum Gasteiger partial charge on any atom is 0.300 e. The number of aliphatic hydroxyl groups is 1. The molecule has 3 aromatic rings. The van der Waals surface area contributed by atoms with Crippen LogP contribution in [0.3, 0.4) is 0 Å². The van der Waals surface area contributed by atoms with Crippen LogP contribution in [0, 0.1) is 6.92 Å². The van der Waals surface area contributed by atoms with E-state index < -0.39 is 17.7 Å². The lowest BCUT2D eigenvalue weighted by molar-refractivity contribution is -0.132. The number of nitrogens with zero attached hydrogens (tertiary/aromatic N) is 2. The van der Waals surface area contributed by atoms with Gasteiger partial charge in [0.1, 0.15) is 11.5 Å². The number of hydrogen-bond donors (Lipinski definition) is 1. The molecular formula is C27H25ClN2O4. The molecule has 1 aliphatic rings. The lowest BCUT2D eigenvalue weighted by Gasteiger charge is -2.25. The Labute approximate surface area is 203 Å². The van der Waals surface area contributed by atoms with Crippen molar-refractivity contribution in [3.05, 3.63) is 93.8 Å². The van der Waals surface area contributed by atoms with Gasteiger partial charge in [-0.1, -0.05) is 37.6 Å². The van der Waals surface area contributed by atoms with Crippen molar-refractivity contribution in [1.82, 2.24) is 4.98 Å². The molecule has 0 saturated carbocycles. The first-order valence-corrected chi connectivity index (χ1v) is 11.3. The van der Waals surface area contributed by atoms with Crippen molar-refractivity contribution in [2.75, 3.05) is 12.0 Å². The van der Waals surface area contributed by atoms with E-state index >= 15 is 0 Å². The second-order valence-electron chi connectivity index (χ2n) is 8.50. The molecule has 7 heteroatoms. The SMILES string of the molecule is COc1ccc(/C(O)=C2/C(=O)C(=O)N(c3ccc(C)c(Cl)c3)C2c2cccnc2)cc1C(C)C. The topological polar surface area (TPSA) is 79.7 Å². The van der Waals surface area contributed by atoms with Crippen LogP contribution in [0.5, 0.6) is 5.75 Å². The zero-order valence-electron chi connectivity index (χ0n) is 19.4. The van der Waals surface area contributed by atoms with Crippen LogP contribution < -0.4 is 9.64 Å². The lowest BCUT2D eigenvalue weighted by atomic mass is 9.93. The Hall–Kier alpha value is -3.64.